The molecule has 0 saturated carbocycles. The van der Waals surface area contributed by atoms with Gasteiger partial charge in [0.15, 0.2) is 0 Å². The lowest BCUT2D eigenvalue weighted by molar-refractivity contribution is -0.112. The Balaban J connectivity index is 1.77. The summed E-state index contributed by atoms with van der Waals surface area (Å²) < 4.78 is 0. The van der Waals surface area contributed by atoms with E-state index in [-0.39, 0.29) is 11.3 Å². The van der Waals surface area contributed by atoms with Gasteiger partial charge < -0.3 is 10.4 Å². The number of phenolic OH excluding ortho intramolecular Hbond substituents is 1. The highest BCUT2D eigenvalue weighted by molar-refractivity contribution is 6.09. The number of carbonyl (C=O) groups is 1. The van der Waals surface area contributed by atoms with Crippen molar-refractivity contribution in [1.29, 1.82) is 5.26 Å². The molecule has 3 aromatic carbocycles. The lowest BCUT2D eigenvalue weighted by Gasteiger charge is -2.05. The number of anilines is 1. The molecule has 0 bridgehead atoms. The molecular weight excluding hydrogens is 324 g/mol. The van der Waals surface area contributed by atoms with Gasteiger partial charge in [-0.25, -0.2) is 0 Å². The summed E-state index contributed by atoms with van der Waals surface area (Å²) in [5, 5.41) is 21.2. The number of aromatic hydroxyl groups is 1. The molecule has 0 radical (unpaired) electrons. The summed E-state index contributed by atoms with van der Waals surface area (Å²) in [7, 11) is 0. The van der Waals surface area contributed by atoms with Crippen LogP contribution in [0.2, 0.25) is 0 Å². The van der Waals surface area contributed by atoms with Crippen LogP contribution in [0.1, 0.15) is 5.56 Å². The second-order valence-electron chi connectivity index (χ2n) is 5.66. The number of nitrogens with one attached hydrogen (secondary N) is 1. The molecule has 0 aliphatic carbocycles. The van der Waals surface area contributed by atoms with Crippen LogP contribution in [0.25, 0.3) is 17.2 Å². The molecule has 0 aromatic heterocycles. The SMILES string of the molecule is N#C/C(=C/c1ccc(-c2ccccc2)cc1)C(=O)Nc1ccc(O)cc1. The average molecular weight is 340 g/mol. The van der Waals surface area contributed by atoms with Gasteiger partial charge in [0, 0.05) is 5.69 Å². The maximum absolute atomic E-state index is 12.3. The van der Waals surface area contributed by atoms with Crippen LogP contribution in [-0.4, -0.2) is 11.0 Å². The molecule has 0 unspecified atom stereocenters. The van der Waals surface area contributed by atoms with Crippen molar-refractivity contribution in [2.45, 2.75) is 0 Å². The van der Waals surface area contributed by atoms with E-state index in [4.69, 9.17) is 0 Å². The third kappa shape index (κ3) is 4.16. The molecule has 0 aliphatic rings. The summed E-state index contributed by atoms with van der Waals surface area (Å²) >= 11 is 0. The second-order valence-corrected chi connectivity index (χ2v) is 5.66. The molecule has 0 saturated heterocycles. The fourth-order valence-electron chi connectivity index (χ4n) is 2.46. The lowest BCUT2D eigenvalue weighted by atomic mass is 10.0. The fourth-order valence-corrected chi connectivity index (χ4v) is 2.46. The monoisotopic (exact) mass is 340 g/mol. The largest absolute Gasteiger partial charge is 0.508 e. The van der Waals surface area contributed by atoms with Crippen LogP contribution in [0.5, 0.6) is 5.75 Å². The zero-order valence-electron chi connectivity index (χ0n) is 13.9. The van der Waals surface area contributed by atoms with Gasteiger partial charge in [-0.15, -0.1) is 0 Å². The summed E-state index contributed by atoms with van der Waals surface area (Å²) in [6, 6.07) is 25.6. The summed E-state index contributed by atoms with van der Waals surface area (Å²) in [6.07, 6.45) is 1.55. The predicted octanol–water partition coefficient (Wildman–Crippen LogP) is 4.60. The van der Waals surface area contributed by atoms with Crippen molar-refractivity contribution in [3.8, 4) is 22.9 Å². The molecule has 126 valence electrons. The third-order valence-corrected chi connectivity index (χ3v) is 3.82. The van der Waals surface area contributed by atoms with Crippen LogP contribution in [0.4, 0.5) is 5.69 Å². The first-order valence-electron chi connectivity index (χ1n) is 8.03. The Morgan fingerprint density at radius 2 is 1.50 bits per heavy atom. The van der Waals surface area contributed by atoms with Crippen LogP contribution in [-0.2, 0) is 4.79 Å². The van der Waals surface area contributed by atoms with Gasteiger partial charge in [-0.1, -0.05) is 54.6 Å². The number of carbonyl (C=O) groups excluding carboxylic acids is 1. The molecule has 0 fully saturated rings. The Hall–Kier alpha value is -3.84. The number of hydrogen-bond donors (Lipinski definition) is 2. The smallest absolute Gasteiger partial charge is 0.266 e. The molecule has 4 nitrogen and oxygen atoms in total. The van der Waals surface area contributed by atoms with Gasteiger partial charge in [-0.05, 0) is 47.0 Å². The molecule has 3 rings (SSSR count). The first-order valence-corrected chi connectivity index (χ1v) is 8.03. The minimum absolute atomic E-state index is 0.00513. The molecular formula is C22H16N2O2. The second kappa shape index (κ2) is 7.82. The van der Waals surface area contributed by atoms with Crippen LogP contribution >= 0.6 is 0 Å². The Morgan fingerprint density at radius 1 is 0.885 bits per heavy atom. The predicted molar refractivity (Wildman–Crippen MR) is 102 cm³/mol. The van der Waals surface area contributed by atoms with E-state index in [1.807, 2.05) is 60.7 Å². The number of phenols is 1. The number of benzene rings is 3. The Bertz CT molecular complexity index is 967. The van der Waals surface area contributed by atoms with E-state index in [1.165, 1.54) is 12.1 Å². The molecule has 0 heterocycles. The summed E-state index contributed by atoms with van der Waals surface area (Å²) in [5.41, 5.74) is 3.45. The minimum Gasteiger partial charge on any atom is -0.508 e. The number of nitriles is 1. The molecule has 26 heavy (non-hydrogen) atoms. The van der Waals surface area contributed by atoms with Crippen LogP contribution in [0, 0.1) is 11.3 Å². The average Bonchev–Trinajstić information content (AvgIpc) is 2.69. The molecule has 4 heteroatoms. The van der Waals surface area contributed by atoms with Crippen molar-refractivity contribution in [2.24, 2.45) is 0 Å². The van der Waals surface area contributed by atoms with E-state index in [0.29, 0.717) is 5.69 Å². The summed E-state index contributed by atoms with van der Waals surface area (Å²) in [4.78, 5) is 12.3. The van der Waals surface area contributed by atoms with Gasteiger partial charge in [0.1, 0.15) is 17.4 Å². The number of nitrogens with zero attached hydrogens (tertiary/aromatic N) is 1. The highest BCUT2D eigenvalue weighted by Crippen LogP contribution is 2.20. The fraction of sp³-hybridized carbons (Fsp3) is 0. The van der Waals surface area contributed by atoms with E-state index in [0.717, 1.165) is 16.7 Å². The lowest BCUT2D eigenvalue weighted by Crippen LogP contribution is -2.13. The molecule has 2 N–H and O–H groups in total. The maximum atomic E-state index is 12.3. The number of amides is 1. The standard InChI is InChI=1S/C22H16N2O2/c23-15-19(22(26)24-20-10-12-21(25)13-11-20)14-16-6-8-18(9-7-16)17-4-2-1-3-5-17/h1-14,25H,(H,24,26)/b19-14-. The zero-order valence-corrected chi connectivity index (χ0v) is 13.9. The first kappa shape index (κ1) is 17.0. The van der Waals surface area contributed by atoms with Crippen molar-refractivity contribution in [3.05, 3.63) is 90.0 Å². The van der Waals surface area contributed by atoms with Crippen molar-refractivity contribution in [2.75, 3.05) is 5.32 Å². The number of hydrogen-bond acceptors (Lipinski definition) is 3. The molecule has 0 atom stereocenters. The summed E-state index contributed by atoms with van der Waals surface area (Å²) in [5.74, 6) is -0.386. The van der Waals surface area contributed by atoms with E-state index >= 15 is 0 Å². The van der Waals surface area contributed by atoms with Gasteiger partial charge in [0.05, 0.1) is 0 Å². The summed E-state index contributed by atoms with van der Waals surface area (Å²) in [6.45, 7) is 0. The Labute approximate surface area is 151 Å². The quantitative estimate of drug-likeness (QED) is 0.414. The molecule has 3 aromatic rings. The zero-order chi connectivity index (χ0) is 18.4. The topological polar surface area (TPSA) is 73.1 Å². The van der Waals surface area contributed by atoms with E-state index < -0.39 is 5.91 Å². The van der Waals surface area contributed by atoms with Crippen LogP contribution in [0.15, 0.2) is 84.4 Å². The van der Waals surface area contributed by atoms with Crippen LogP contribution in [0.3, 0.4) is 0 Å². The van der Waals surface area contributed by atoms with Gasteiger partial charge >= 0.3 is 0 Å². The molecule has 0 spiro atoms. The first-order chi connectivity index (χ1) is 12.7. The van der Waals surface area contributed by atoms with Gasteiger partial charge in [0.2, 0.25) is 0 Å². The third-order valence-electron chi connectivity index (χ3n) is 3.82. The van der Waals surface area contributed by atoms with Gasteiger partial charge in [-0.3, -0.25) is 4.79 Å². The normalized spacial score (nSPS) is 10.8. The minimum atomic E-state index is -0.495. The van der Waals surface area contributed by atoms with Crippen molar-refractivity contribution >= 4 is 17.7 Å². The number of rotatable bonds is 4. The van der Waals surface area contributed by atoms with Gasteiger partial charge in [0.25, 0.3) is 5.91 Å². The van der Waals surface area contributed by atoms with Crippen molar-refractivity contribution < 1.29 is 9.90 Å². The van der Waals surface area contributed by atoms with E-state index in [2.05, 4.69) is 5.32 Å². The Kier molecular flexibility index (Phi) is 5.11. The van der Waals surface area contributed by atoms with Crippen molar-refractivity contribution in [1.82, 2.24) is 0 Å². The molecule has 1 amide bonds. The molecule has 0 aliphatic heterocycles. The van der Waals surface area contributed by atoms with E-state index in [9.17, 15) is 15.2 Å². The highest BCUT2D eigenvalue weighted by atomic mass is 16.3. The van der Waals surface area contributed by atoms with E-state index in [1.54, 1.807) is 18.2 Å². The Morgan fingerprint density at radius 3 is 2.12 bits per heavy atom. The van der Waals surface area contributed by atoms with Crippen molar-refractivity contribution in [3.63, 3.8) is 0 Å². The van der Waals surface area contributed by atoms with Gasteiger partial charge in [-0.2, -0.15) is 5.26 Å². The maximum Gasteiger partial charge on any atom is 0.266 e. The highest BCUT2D eigenvalue weighted by Gasteiger charge is 2.09. The van der Waals surface area contributed by atoms with Crippen LogP contribution < -0.4 is 5.32 Å².